The van der Waals surface area contributed by atoms with Gasteiger partial charge in [0.05, 0.1) is 16.5 Å². The highest BCUT2D eigenvalue weighted by Gasteiger charge is 2.23. The number of benzene rings is 2. The van der Waals surface area contributed by atoms with Gasteiger partial charge in [0.15, 0.2) is 0 Å². The maximum absolute atomic E-state index is 12.5. The van der Waals surface area contributed by atoms with Crippen LogP contribution in [0, 0.1) is 0 Å². The van der Waals surface area contributed by atoms with Crippen LogP contribution in [0.2, 0.25) is 10.0 Å². The Bertz CT molecular complexity index is 710. The van der Waals surface area contributed by atoms with Gasteiger partial charge in [-0.1, -0.05) is 53.5 Å². The molecule has 0 fully saturated rings. The van der Waals surface area contributed by atoms with Crippen molar-refractivity contribution >= 4 is 52.5 Å². The Hall–Kier alpha value is -1.69. The normalized spacial score (nSPS) is 11.7. The summed E-state index contributed by atoms with van der Waals surface area (Å²) in [5, 5.41) is 11.7. The molecule has 0 saturated heterocycles. The highest BCUT2D eigenvalue weighted by atomic mass is 35.5. The summed E-state index contributed by atoms with van der Waals surface area (Å²) in [6, 6.07) is 13.7. The zero-order valence-electron chi connectivity index (χ0n) is 11.8. The number of halogens is 2. The molecule has 0 unspecified atom stereocenters. The van der Waals surface area contributed by atoms with Crippen molar-refractivity contribution < 1.29 is 14.7 Å². The van der Waals surface area contributed by atoms with Gasteiger partial charge in [-0.15, -0.1) is 11.8 Å². The van der Waals surface area contributed by atoms with Crippen LogP contribution < -0.4 is 5.32 Å². The number of amides is 1. The third-order valence-corrected chi connectivity index (χ3v) is 4.68. The van der Waals surface area contributed by atoms with Gasteiger partial charge in [0.25, 0.3) is 0 Å². The summed E-state index contributed by atoms with van der Waals surface area (Å²) in [4.78, 5) is 23.4. The summed E-state index contributed by atoms with van der Waals surface area (Å²) in [5.74, 6) is -1.50. The minimum Gasteiger partial charge on any atom is -0.481 e. The van der Waals surface area contributed by atoms with Crippen molar-refractivity contribution in [3.05, 3.63) is 64.1 Å². The van der Waals surface area contributed by atoms with E-state index in [4.69, 9.17) is 28.3 Å². The molecule has 2 rings (SSSR count). The number of carboxylic acid groups (broad SMARTS) is 1. The largest absolute Gasteiger partial charge is 0.481 e. The van der Waals surface area contributed by atoms with E-state index in [1.165, 1.54) is 6.07 Å². The second-order valence-electron chi connectivity index (χ2n) is 4.61. The van der Waals surface area contributed by atoms with Crippen LogP contribution in [0.25, 0.3) is 0 Å². The predicted octanol–water partition coefficient (Wildman–Crippen LogP) is 4.49. The lowest BCUT2D eigenvalue weighted by atomic mass is 10.1. The SMILES string of the molecule is O=C(O)CS[C@@H](C(=O)Nc1ccc(Cl)cc1Cl)c1ccccc1. The average Bonchev–Trinajstić information content (AvgIpc) is 2.51. The van der Waals surface area contributed by atoms with E-state index in [-0.39, 0.29) is 11.7 Å². The Kier molecular flexibility index (Phi) is 6.33. The van der Waals surface area contributed by atoms with Gasteiger partial charge in [-0.05, 0) is 23.8 Å². The van der Waals surface area contributed by atoms with Crippen LogP contribution in [0.5, 0.6) is 0 Å². The maximum Gasteiger partial charge on any atom is 0.313 e. The first kappa shape index (κ1) is 17.7. The van der Waals surface area contributed by atoms with Crippen LogP contribution >= 0.6 is 35.0 Å². The first-order chi connectivity index (χ1) is 11.0. The Labute approximate surface area is 147 Å². The van der Waals surface area contributed by atoms with Crippen molar-refractivity contribution in [1.82, 2.24) is 0 Å². The summed E-state index contributed by atoms with van der Waals surface area (Å²) in [5.41, 5.74) is 1.15. The highest BCUT2D eigenvalue weighted by Crippen LogP contribution is 2.32. The first-order valence-electron chi connectivity index (χ1n) is 6.61. The molecule has 1 atom stereocenters. The topological polar surface area (TPSA) is 66.4 Å². The highest BCUT2D eigenvalue weighted by molar-refractivity contribution is 8.00. The molecular weight excluding hydrogens is 357 g/mol. The zero-order valence-corrected chi connectivity index (χ0v) is 14.2. The molecule has 0 aromatic heterocycles. The molecule has 0 heterocycles. The summed E-state index contributed by atoms with van der Waals surface area (Å²) in [6.07, 6.45) is 0. The number of carboxylic acids is 1. The summed E-state index contributed by atoms with van der Waals surface area (Å²) in [7, 11) is 0. The lowest BCUT2D eigenvalue weighted by molar-refractivity contribution is -0.133. The van der Waals surface area contributed by atoms with E-state index >= 15 is 0 Å². The first-order valence-corrected chi connectivity index (χ1v) is 8.42. The van der Waals surface area contributed by atoms with E-state index in [0.717, 1.165) is 17.3 Å². The number of carbonyl (C=O) groups is 2. The lowest BCUT2D eigenvalue weighted by Gasteiger charge is -2.17. The molecule has 23 heavy (non-hydrogen) atoms. The van der Waals surface area contributed by atoms with E-state index in [9.17, 15) is 9.59 Å². The van der Waals surface area contributed by atoms with Crippen molar-refractivity contribution in [2.75, 3.05) is 11.1 Å². The van der Waals surface area contributed by atoms with Gasteiger partial charge < -0.3 is 10.4 Å². The van der Waals surface area contributed by atoms with Gasteiger partial charge in [-0.3, -0.25) is 9.59 Å². The molecule has 0 spiro atoms. The number of anilines is 1. The fourth-order valence-electron chi connectivity index (χ4n) is 1.89. The van der Waals surface area contributed by atoms with E-state index in [0.29, 0.717) is 15.7 Å². The molecule has 0 aliphatic heterocycles. The van der Waals surface area contributed by atoms with Gasteiger partial charge in [-0.2, -0.15) is 0 Å². The molecule has 1 amide bonds. The third-order valence-electron chi connectivity index (χ3n) is 2.90. The number of carbonyl (C=O) groups excluding carboxylic acids is 1. The van der Waals surface area contributed by atoms with Crippen molar-refractivity contribution in [3.8, 4) is 0 Å². The Morgan fingerprint density at radius 1 is 1.13 bits per heavy atom. The number of aliphatic carboxylic acids is 1. The molecule has 7 heteroatoms. The molecule has 2 aromatic rings. The molecule has 2 aromatic carbocycles. The number of thioether (sulfide) groups is 1. The van der Waals surface area contributed by atoms with Crippen molar-refractivity contribution in [2.24, 2.45) is 0 Å². The van der Waals surface area contributed by atoms with Crippen LogP contribution in [0.1, 0.15) is 10.8 Å². The third kappa shape index (κ3) is 5.16. The van der Waals surface area contributed by atoms with Crippen molar-refractivity contribution in [3.63, 3.8) is 0 Å². The number of nitrogens with one attached hydrogen (secondary N) is 1. The van der Waals surface area contributed by atoms with Crippen LogP contribution in [-0.4, -0.2) is 22.7 Å². The fraction of sp³-hybridized carbons (Fsp3) is 0.125. The van der Waals surface area contributed by atoms with E-state index in [1.807, 2.05) is 6.07 Å². The molecule has 4 nitrogen and oxygen atoms in total. The second-order valence-corrected chi connectivity index (χ2v) is 6.55. The quantitative estimate of drug-likeness (QED) is 0.786. The van der Waals surface area contributed by atoms with E-state index in [1.54, 1.807) is 36.4 Å². The van der Waals surface area contributed by atoms with Crippen LogP contribution in [0.15, 0.2) is 48.5 Å². The molecule has 2 N–H and O–H groups in total. The van der Waals surface area contributed by atoms with Crippen LogP contribution in [-0.2, 0) is 9.59 Å². The molecule has 0 aliphatic rings. The zero-order chi connectivity index (χ0) is 16.8. The molecule has 0 bridgehead atoms. The van der Waals surface area contributed by atoms with Gasteiger partial charge >= 0.3 is 5.97 Å². The maximum atomic E-state index is 12.5. The number of hydrogen-bond donors (Lipinski definition) is 2. The summed E-state index contributed by atoms with van der Waals surface area (Å²) < 4.78 is 0. The van der Waals surface area contributed by atoms with Gasteiger partial charge in [0.2, 0.25) is 5.91 Å². The standard InChI is InChI=1S/C16H13Cl2NO3S/c17-11-6-7-13(12(18)8-11)19-16(22)15(23-9-14(20)21)10-4-2-1-3-5-10/h1-8,15H,9H2,(H,19,22)(H,20,21)/t15-/m1/s1. The van der Waals surface area contributed by atoms with Gasteiger partial charge in [0, 0.05) is 5.02 Å². The molecular formula is C16H13Cl2NO3S. The molecule has 120 valence electrons. The average molecular weight is 370 g/mol. The molecule has 0 saturated carbocycles. The van der Waals surface area contributed by atoms with Crippen molar-refractivity contribution in [2.45, 2.75) is 5.25 Å². The van der Waals surface area contributed by atoms with Crippen LogP contribution in [0.4, 0.5) is 5.69 Å². The van der Waals surface area contributed by atoms with Gasteiger partial charge in [-0.25, -0.2) is 0 Å². The van der Waals surface area contributed by atoms with Crippen LogP contribution in [0.3, 0.4) is 0 Å². The lowest BCUT2D eigenvalue weighted by Crippen LogP contribution is -2.20. The molecule has 0 radical (unpaired) electrons. The fourth-order valence-corrected chi connectivity index (χ4v) is 3.22. The smallest absolute Gasteiger partial charge is 0.313 e. The predicted molar refractivity (Wildman–Crippen MR) is 94.4 cm³/mol. The number of rotatable bonds is 6. The Balaban J connectivity index is 2.20. The monoisotopic (exact) mass is 369 g/mol. The Morgan fingerprint density at radius 3 is 2.43 bits per heavy atom. The summed E-state index contributed by atoms with van der Waals surface area (Å²) in [6.45, 7) is 0. The van der Waals surface area contributed by atoms with Gasteiger partial charge in [0.1, 0.15) is 5.25 Å². The second kappa shape index (κ2) is 8.24. The Morgan fingerprint density at radius 2 is 1.83 bits per heavy atom. The van der Waals surface area contributed by atoms with E-state index < -0.39 is 11.2 Å². The minimum atomic E-state index is -0.978. The number of hydrogen-bond acceptors (Lipinski definition) is 3. The minimum absolute atomic E-state index is 0.179. The molecule has 0 aliphatic carbocycles. The van der Waals surface area contributed by atoms with Crippen molar-refractivity contribution in [1.29, 1.82) is 0 Å². The van der Waals surface area contributed by atoms with E-state index in [2.05, 4.69) is 5.32 Å². The summed E-state index contributed by atoms with van der Waals surface area (Å²) >= 11 is 12.9.